The summed E-state index contributed by atoms with van der Waals surface area (Å²) >= 11 is 0. The van der Waals surface area contributed by atoms with Crippen LogP contribution in [0.4, 0.5) is 14.5 Å². The Morgan fingerprint density at radius 3 is 2.47 bits per heavy atom. The zero-order chi connectivity index (χ0) is 24.3. The van der Waals surface area contributed by atoms with E-state index in [9.17, 15) is 18.7 Å². The third-order valence-corrected chi connectivity index (χ3v) is 6.32. The summed E-state index contributed by atoms with van der Waals surface area (Å²) in [5.41, 5.74) is 0.698. The van der Waals surface area contributed by atoms with Crippen molar-refractivity contribution in [2.45, 2.75) is 50.4 Å². The van der Waals surface area contributed by atoms with Gasteiger partial charge in [-0.2, -0.15) is 0 Å². The van der Waals surface area contributed by atoms with E-state index in [4.69, 9.17) is 18.9 Å². The molecule has 1 heterocycles. The molecule has 2 aromatic carbocycles. The van der Waals surface area contributed by atoms with E-state index in [0.717, 1.165) is 12.8 Å². The Labute approximate surface area is 197 Å². The van der Waals surface area contributed by atoms with E-state index in [1.807, 2.05) is 0 Å². The molecule has 2 aliphatic rings. The minimum atomic E-state index is -2.77. The molecular formula is C25H29F2NO6. The Balaban J connectivity index is 1.78. The first-order valence-electron chi connectivity index (χ1n) is 11.2. The minimum Gasteiger partial charge on any atom is -0.497 e. The zero-order valence-electron chi connectivity index (χ0n) is 19.2. The predicted molar refractivity (Wildman–Crippen MR) is 122 cm³/mol. The van der Waals surface area contributed by atoms with Crippen LogP contribution in [0.25, 0.3) is 11.1 Å². The molecule has 184 valence electrons. The number of rotatable bonds is 10. The van der Waals surface area contributed by atoms with Crippen LogP contribution in [0.2, 0.25) is 0 Å². The third kappa shape index (κ3) is 5.10. The van der Waals surface area contributed by atoms with Gasteiger partial charge in [-0.05, 0) is 47.7 Å². The van der Waals surface area contributed by atoms with Crippen molar-refractivity contribution in [2.75, 3.05) is 32.8 Å². The summed E-state index contributed by atoms with van der Waals surface area (Å²) in [6.07, 6.45) is -0.0561. The van der Waals surface area contributed by atoms with E-state index < -0.39 is 17.9 Å². The predicted octanol–water partition coefficient (Wildman–Crippen LogP) is 5.03. The number of methoxy groups -OCH3 is 2. The van der Waals surface area contributed by atoms with Crippen LogP contribution in [0.1, 0.15) is 43.2 Å². The van der Waals surface area contributed by atoms with Crippen molar-refractivity contribution in [1.29, 1.82) is 0 Å². The van der Waals surface area contributed by atoms with Crippen LogP contribution >= 0.6 is 0 Å². The highest BCUT2D eigenvalue weighted by atomic mass is 19.3. The van der Waals surface area contributed by atoms with Crippen molar-refractivity contribution in [3.8, 4) is 22.6 Å². The maximum absolute atomic E-state index is 14.1. The quantitative estimate of drug-likeness (QED) is 0.496. The first-order chi connectivity index (χ1) is 16.4. The number of alkyl halides is 2. The fraction of sp³-hybridized carbons (Fsp3) is 0.480. The van der Waals surface area contributed by atoms with Gasteiger partial charge in [-0.1, -0.05) is 6.07 Å². The van der Waals surface area contributed by atoms with Gasteiger partial charge in [-0.3, -0.25) is 0 Å². The summed E-state index contributed by atoms with van der Waals surface area (Å²) in [5.74, 6) is -0.527. The van der Waals surface area contributed by atoms with E-state index >= 15 is 0 Å². The largest absolute Gasteiger partial charge is 0.497 e. The smallest absolute Gasteiger partial charge is 0.329 e. The van der Waals surface area contributed by atoms with Gasteiger partial charge in [-0.25, -0.2) is 13.6 Å². The van der Waals surface area contributed by atoms with Gasteiger partial charge in [0.25, 0.3) is 6.43 Å². The first-order valence-corrected chi connectivity index (χ1v) is 11.2. The molecule has 7 nitrogen and oxygen atoms in total. The average Bonchev–Trinajstić information content (AvgIpc) is 3.67. The molecule has 2 fully saturated rings. The van der Waals surface area contributed by atoms with E-state index in [1.165, 1.54) is 20.3 Å². The van der Waals surface area contributed by atoms with Gasteiger partial charge < -0.3 is 29.4 Å². The molecule has 0 bridgehead atoms. The van der Waals surface area contributed by atoms with Crippen LogP contribution in [0, 0.1) is 0 Å². The number of hydrogen-bond acceptors (Lipinski definition) is 6. The highest BCUT2D eigenvalue weighted by Crippen LogP contribution is 2.43. The van der Waals surface area contributed by atoms with E-state index in [2.05, 4.69) is 5.32 Å². The molecule has 9 heteroatoms. The lowest BCUT2D eigenvalue weighted by molar-refractivity contribution is -0.145. The molecule has 1 aliphatic heterocycles. The molecule has 0 amide bonds. The van der Waals surface area contributed by atoms with Crippen molar-refractivity contribution in [3.63, 3.8) is 0 Å². The summed E-state index contributed by atoms with van der Waals surface area (Å²) < 4.78 is 50.1. The SMILES string of the molecule is COc1cc(OC)c(C(F)F)c(-c2ccc(NC3(C(=O)O)CCOCC3)cc2COC2CC2)c1. The molecule has 0 unspecified atom stereocenters. The summed E-state index contributed by atoms with van der Waals surface area (Å²) in [4.78, 5) is 12.1. The normalized spacial score (nSPS) is 17.4. The van der Waals surface area contributed by atoms with Crippen molar-refractivity contribution in [3.05, 3.63) is 41.5 Å². The lowest BCUT2D eigenvalue weighted by atomic mass is 9.89. The molecule has 1 saturated carbocycles. The summed E-state index contributed by atoms with van der Waals surface area (Å²) in [5, 5.41) is 13.1. The topological polar surface area (TPSA) is 86.3 Å². The fourth-order valence-electron chi connectivity index (χ4n) is 4.22. The van der Waals surface area contributed by atoms with E-state index in [1.54, 1.807) is 24.3 Å². The second kappa shape index (κ2) is 10.1. The molecule has 0 radical (unpaired) electrons. The second-order valence-electron chi connectivity index (χ2n) is 8.60. The van der Waals surface area contributed by atoms with Crippen LogP contribution in [-0.4, -0.2) is 50.2 Å². The lowest BCUT2D eigenvalue weighted by Gasteiger charge is -2.35. The maximum atomic E-state index is 14.1. The number of aliphatic carboxylic acids is 1. The molecule has 1 aliphatic carbocycles. The van der Waals surface area contributed by atoms with Crippen molar-refractivity contribution in [2.24, 2.45) is 0 Å². The van der Waals surface area contributed by atoms with Crippen LogP contribution in [0.15, 0.2) is 30.3 Å². The van der Waals surface area contributed by atoms with Gasteiger partial charge in [0.1, 0.15) is 17.0 Å². The van der Waals surface area contributed by atoms with Crippen LogP contribution < -0.4 is 14.8 Å². The molecule has 4 rings (SSSR count). The first kappa shape index (κ1) is 24.2. The van der Waals surface area contributed by atoms with Crippen LogP contribution in [-0.2, 0) is 20.9 Å². The molecule has 34 heavy (non-hydrogen) atoms. The molecule has 0 aromatic heterocycles. The Hall–Kier alpha value is -2.91. The maximum Gasteiger partial charge on any atom is 0.329 e. The van der Waals surface area contributed by atoms with Crippen LogP contribution in [0.5, 0.6) is 11.5 Å². The minimum absolute atomic E-state index is 0.0349. The number of anilines is 1. The van der Waals surface area contributed by atoms with Gasteiger partial charge in [0.15, 0.2) is 0 Å². The summed E-state index contributed by atoms with van der Waals surface area (Å²) in [6.45, 7) is 0.897. The standard InChI is InChI=1S/C25H29F2NO6/c1-31-18-12-20(22(23(26)27)21(13-18)32-2)19-6-3-16(11-15(19)14-34-17-4-5-17)28-25(24(29)30)7-9-33-10-8-25/h3,6,11-13,17,23,28H,4-5,7-10,14H2,1-2H3,(H,29,30). The fourth-order valence-corrected chi connectivity index (χ4v) is 4.22. The number of benzene rings is 2. The Morgan fingerprint density at radius 1 is 1.15 bits per heavy atom. The molecule has 2 aromatic rings. The van der Waals surface area contributed by atoms with Gasteiger partial charge in [0.2, 0.25) is 0 Å². The third-order valence-electron chi connectivity index (χ3n) is 6.32. The summed E-state index contributed by atoms with van der Waals surface area (Å²) in [6, 6.07) is 8.19. The van der Waals surface area contributed by atoms with Gasteiger partial charge in [0, 0.05) is 37.8 Å². The van der Waals surface area contributed by atoms with Gasteiger partial charge >= 0.3 is 5.97 Å². The number of carbonyl (C=O) groups is 1. The van der Waals surface area contributed by atoms with Crippen molar-refractivity contribution in [1.82, 2.24) is 0 Å². The second-order valence-corrected chi connectivity index (χ2v) is 8.60. The lowest BCUT2D eigenvalue weighted by Crippen LogP contribution is -2.50. The number of carboxylic acids is 1. The highest BCUT2D eigenvalue weighted by Gasteiger charge is 2.40. The summed E-state index contributed by atoms with van der Waals surface area (Å²) in [7, 11) is 2.80. The Kier molecular flexibility index (Phi) is 7.23. The Bertz CT molecular complexity index is 1030. The number of halogens is 2. The van der Waals surface area contributed by atoms with E-state index in [-0.39, 0.29) is 29.6 Å². The zero-order valence-corrected chi connectivity index (χ0v) is 19.2. The van der Waals surface area contributed by atoms with Gasteiger partial charge in [-0.15, -0.1) is 0 Å². The molecular weight excluding hydrogens is 448 g/mol. The van der Waals surface area contributed by atoms with Crippen molar-refractivity contribution >= 4 is 11.7 Å². The molecule has 0 spiro atoms. The van der Waals surface area contributed by atoms with Crippen LogP contribution in [0.3, 0.4) is 0 Å². The molecule has 2 N–H and O–H groups in total. The Morgan fingerprint density at radius 2 is 1.88 bits per heavy atom. The van der Waals surface area contributed by atoms with Gasteiger partial charge in [0.05, 0.1) is 32.5 Å². The number of carboxylic acid groups (broad SMARTS) is 1. The number of nitrogens with one attached hydrogen (secondary N) is 1. The number of ether oxygens (including phenoxy) is 4. The number of hydrogen-bond donors (Lipinski definition) is 2. The molecule has 1 saturated heterocycles. The highest BCUT2D eigenvalue weighted by molar-refractivity contribution is 5.84. The molecule has 0 atom stereocenters. The monoisotopic (exact) mass is 477 g/mol. The average molecular weight is 478 g/mol. The van der Waals surface area contributed by atoms with E-state index in [0.29, 0.717) is 48.6 Å². The van der Waals surface area contributed by atoms with Crippen molar-refractivity contribution < 1.29 is 37.6 Å².